The Morgan fingerprint density at radius 1 is 1.14 bits per heavy atom. The van der Waals surface area contributed by atoms with Gasteiger partial charge in [0.15, 0.2) is 0 Å². The van der Waals surface area contributed by atoms with E-state index in [1.54, 1.807) is 0 Å². The summed E-state index contributed by atoms with van der Waals surface area (Å²) in [6, 6.07) is 4.39. The van der Waals surface area contributed by atoms with Crippen molar-refractivity contribution in [3.05, 3.63) is 29.8 Å². The number of aromatic hydroxyl groups is 1. The molecular weight excluding hydrogens is 319 g/mol. The van der Waals surface area contributed by atoms with Crippen molar-refractivity contribution in [2.75, 3.05) is 0 Å². The van der Waals surface area contributed by atoms with Gasteiger partial charge in [-0.3, -0.25) is 0 Å². The number of rotatable bonds is 0. The van der Waals surface area contributed by atoms with Crippen LogP contribution in [0, 0.1) is 0 Å². The fourth-order valence-electron chi connectivity index (χ4n) is 0.713. The van der Waals surface area contributed by atoms with Crippen LogP contribution in [0.3, 0.4) is 0 Å². The molecule has 14 heavy (non-hydrogen) atoms. The first-order chi connectivity index (χ1) is 6.43. The molecule has 0 aliphatic rings. The number of benzene rings is 1. The van der Waals surface area contributed by atoms with E-state index in [4.69, 9.17) is 22.1 Å². The molecule has 0 amide bonds. The first kappa shape index (κ1) is 14.3. The second-order valence-electron chi connectivity index (χ2n) is 2.09. The average Bonchev–Trinajstić information content (AvgIpc) is 2.04. The SMILES string of the molecule is Oc1ccccc1C(F)(F)F.[Cl][Zr][Cl]. The molecule has 0 fully saturated rings. The van der Waals surface area contributed by atoms with E-state index >= 15 is 0 Å². The maximum absolute atomic E-state index is 11.9. The molecule has 0 heterocycles. The quantitative estimate of drug-likeness (QED) is 0.770. The van der Waals surface area contributed by atoms with Gasteiger partial charge in [0.05, 0.1) is 5.56 Å². The monoisotopic (exact) mass is 322 g/mol. The van der Waals surface area contributed by atoms with Gasteiger partial charge in [0, 0.05) is 0 Å². The summed E-state index contributed by atoms with van der Waals surface area (Å²) in [6.07, 6.45) is -4.47. The summed E-state index contributed by atoms with van der Waals surface area (Å²) in [4.78, 5) is 0. The zero-order valence-corrected chi connectivity index (χ0v) is 10.6. The van der Waals surface area contributed by atoms with E-state index in [9.17, 15) is 13.2 Å². The summed E-state index contributed by atoms with van der Waals surface area (Å²) in [6.45, 7) is 0. The van der Waals surface area contributed by atoms with Crippen molar-refractivity contribution in [3.63, 3.8) is 0 Å². The summed E-state index contributed by atoms with van der Waals surface area (Å²) in [5, 5.41) is 8.73. The maximum atomic E-state index is 11.9. The van der Waals surface area contributed by atoms with Crippen molar-refractivity contribution >= 4 is 17.0 Å². The predicted molar refractivity (Wildman–Crippen MR) is 44.8 cm³/mol. The van der Waals surface area contributed by atoms with Crippen molar-refractivity contribution in [1.29, 1.82) is 0 Å². The zero-order valence-electron chi connectivity index (χ0n) is 6.65. The third-order valence-electron chi connectivity index (χ3n) is 1.21. The Labute approximate surface area is 97.5 Å². The van der Waals surface area contributed by atoms with Crippen LogP contribution in [0.2, 0.25) is 0 Å². The molecular formula is C7H5Cl2F3OZr. The Hall–Kier alpha value is 0.273. The molecule has 0 aromatic heterocycles. The second kappa shape index (κ2) is 6.70. The van der Waals surface area contributed by atoms with Crippen LogP contribution in [0.15, 0.2) is 24.3 Å². The van der Waals surface area contributed by atoms with Crippen LogP contribution in [0.5, 0.6) is 5.75 Å². The van der Waals surface area contributed by atoms with Crippen LogP contribution in [0.4, 0.5) is 13.2 Å². The van der Waals surface area contributed by atoms with Crippen molar-refractivity contribution in [3.8, 4) is 5.75 Å². The van der Waals surface area contributed by atoms with Crippen LogP contribution in [-0.4, -0.2) is 5.11 Å². The molecule has 1 nitrogen and oxygen atoms in total. The van der Waals surface area contributed by atoms with Gasteiger partial charge >= 0.3 is 44.1 Å². The molecule has 0 bridgehead atoms. The van der Waals surface area contributed by atoms with Gasteiger partial charge in [0.1, 0.15) is 5.75 Å². The molecule has 0 radical (unpaired) electrons. The molecule has 0 spiro atoms. The summed E-state index contributed by atoms with van der Waals surface area (Å²) in [5.41, 5.74) is -1.000. The van der Waals surface area contributed by atoms with Gasteiger partial charge < -0.3 is 5.11 Å². The number of para-hydroxylation sites is 1. The molecule has 1 aromatic rings. The Morgan fingerprint density at radius 2 is 1.57 bits per heavy atom. The summed E-state index contributed by atoms with van der Waals surface area (Å²) < 4.78 is 35.7. The Bertz CT molecular complexity index is 280. The molecule has 1 rings (SSSR count). The Balaban J connectivity index is 0.000000500. The first-order valence-corrected chi connectivity index (χ1v) is 9.58. The Morgan fingerprint density at radius 3 is 1.86 bits per heavy atom. The van der Waals surface area contributed by atoms with E-state index in [0.29, 0.717) is 0 Å². The first-order valence-electron chi connectivity index (χ1n) is 3.25. The van der Waals surface area contributed by atoms with Crippen molar-refractivity contribution in [2.24, 2.45) is 0 Å². The summed E-state index contributed by atoms with van der Waals surface area (Å²) >= 11 is -0.826. The van der Waals surface area contributed by atoms with Crippen LogP contribution >= 0.6 is 17.0 Å². The van der Waals surface area contributed by atoms with Crippen LogP contribution in [-0.2, 0) is 27.0 Å². The van der Waals surface area contributed by atoms with E-state index in [1.165, 1.54) is 12.1 Å². The van der Waals surface area contributed by atoms with Crippen molar-refractivity contribution in [1.82, 2.24) is 0 Å². The normalized spacial score (nSPS) is 10.1. The van der Waals surface area contributed by atoms with E-state index in [2.05, 4.69) is 0 Å². The average molecular weight is 324 g/mol. The Kier molecular flexibility index (Phi) is 6.83. The number of alkyl halides is 3. The van der Waals surface area contributed by atoms with Crippen molar-refractivity contribution < 1.29 is 39.1 Å². The van der Waals surface area contributed by atoms with Gasteiger partial charge in [0.2, 0.25) is 0 Å². The van der Waals surface area contributed by atoms with Gasteiger partial charge in [0.25, 0.3) is 0 Å². The third kappa shape index (κ3) is 5.23. The number of phenols is 1. The van der Waals surface area contributed by atoms with Gasteiger partial charge in [-0.05, 0) is 12.1 Å². The topological polar surface area (TPSA) is 20.2 Å². The standard InChI is InChI=1S/C7H5F3O.2ClH.Zr/c8-7(9,10)5-3-1-2-4-6(5)11;;;/h1-4,11H;2*1H;/q;;;+2/p-2. The van der Waals surface area contributed by atoms with Crippen molar-refractivity contribution in [2.45, 2.75) is 6.18 Å². The van der Waals surface area contributed by atoms with Crippen LogP contribution in [0.1, 0.15) is 5.56 Å². The van der Waals surface area contributed by atoms with E-state index < -0.39 is 38.3 Å². The molecule has 0 saturated heterocycles. The fraction of sp³-hybridized carbons (Fsp3) is 0.143. The molecule has 1 N–H and O–H groups in total. The summed E-state index contributed by atoms with van der Waals surface area (Å²) in [7, 11) is 9.87. The van der Waals surface area contributed by atoms with E-state index in [0.717, 1.165) is 12.1 Å². The molecule has 0 saturated carbocycles. The number of halogens is 5. The molecule has 0 unspecified atom stereocenters. The number of hydrogen-bond acceptors (Lipinski definition) is 1. The number of phenolic OH excluding ortho intramolecular Hbond substituents is 1. The third-order valence-corrected chi connectivity index (χ3v) is 1.21. The zero-order chi connectivity index (χ0) is 11.2. The molecule has 7 heteroatoms. The second-order valence-corrected chi connectivity index (χ2v) is 5.82. The van der Waals surface area contributed by atoms with E-state index in [1.807, 2.05) is 0 Å². The molecule has 78 valence electrons. The minimum absolute atomic E-state index is 0.736. The van der Waals surface area contributed by atoms with E-state index in [-0.39, 0.29) is 0 Å². The van der Waals surface area contributed by atoms with Crippen LogP contribution < -0.4 is 0 Å². The predicted octanol–water partition coefficient (Wildman–Crippen LogP) is 3.79. The minimum atomic E-state index is -4.47. The molecule has 1 aromatic carbocycles. The molecule has 0 atom stereocenters. The van der Waals surface area contributed by atoms with Gasteiger partial charge in [-0.1, -0.05) is 12.1 Å². The van der Waals surface area contributed by atoms with Gasteiger partial charge in [-0.2, -0.15) is 13.2 Å². The molecule has 0 aliphatic carbocycles. The van der Waals surface area contributed by atoms with Crippen LogP contribution in [0.25, 0.3) is 0 Å². The fourth-order valence-corrected chi connectivity index (χ4v) is 0.713. The van der Waals surface area contributed by atoms with Gasteiger partial charge in [-0.25, -0.2) is 0 Å². The number of hydrogen-bond donors (Lipinski definition) is 1. The molecule has 0 aliphatic heterocycles. The summed E-state index contributed by atoms with van der Waals surface area (Å²) in [5.74, 6) is -0.736. The van der Waals surface area contributed by atoms with Gasteiger partial charge in [-0.15, -0.1) is 0 Å².